The molecule has 5 N–H and O–H groups in total. The minimum atomic E-state index is -1.15. The number of amides is 3. The summed E-state index contributed by atoms with van der Waals surface area (Å²) < 4.78 is 16.5. The molecule has 6 rings (SSSR count). The molecule has 54 heavy (non-hydrogen) atoms. The highest BCUT2D eigenvalue weighted by atomic mass is 35.5. The topological polar surface area (TPSA) is 214 Å². The SMILES string of the molecule is N[C@@H](CCC(=O)O)C(=O)N1CC=C(c2cccc3c2CCN(C(=O)/C=C/c2c(-n4cnnn4)ccc(Cl)c2F)C3C(=O)Nc2ccc(C(=O)O)cc2)CC1. The van der Waals surface area contributed by atoms with Crippen LogP contribution in [0.25, 0.3) is 17.3 Å². The zero-order valence-corrected chi connectivity index (χ0v) is 29.3. The molecule has 4 aromatic rings. The summed E-state index contributed by atoms with van der Waals surface area (Å²) >= 11 is 6.08. The minimum Gasteiger partial charge on any atom is -0.481 e. The number of rotatable bonds is 11. The van der Waals surface area contributed by atoms with Crippen LogP contribution < -0.4 is 11.1 Å². The first-order valence-electron chi connectivity index (χ1n) is 16.8. The van der Waals surface area contributed by atoms with Gasteiger partial charge in [-0.15, -0.1) is 5.10 Å². The van der Waals surface area contributed by atoms with Crippen LogP contribution in [-0.4, -0.2) is 95.6 Å². The molecule has 3 amide bonds. The summed E-state index contributed by atoms with van der Waals surface area (Å²) in [7, 11) is 0. The van der Waals surface area contributed by atoms with E-state index in [0.29, 0.717) is 30.6 Å². The van der Waals surface area contributed by atoms with Gasteiger partial charge < -0.3 is 31.1 Å². The van der Waals surface area contributed by atoms with Gasteiger partial charge in [0.1, 0.15) is 12.4 Å². The van der Waals surface area contributed by atoms with Crippen molar-refractivity contribution in [1.29, 1.82) is 0 Å². The number of tetrazole rings is 1. The number of aliphatic carboxylic acids is 1. The zero-order valence-electron chi connectivity index (χ0n) is 28.6. The van der Waals surface area contributed by atoms with Gasteiger partial charge in [0, 0.05) is 43.4 Å². The van der Waals surface area contributed by atoms with Gasteiger partial charge in [-0.25, -0.2) is 9.18 Å². The fraction of sp³-hybridized carbons (Fsp3) is 0.243. The quantitative estimate of drug-likeness (QED) is 0.162. The molecule has 3 aromatic carbocycles. The second kappa shape index (κ2) is 16.2. The maximum Gasteiger partial charge on any atom is 0.335 e. The highest BCUT2D eigenvalue weighted by Crippen LogP contribution is 2.37. The van der Waals surface area contributed by atoms with Crippen LogP contribution in [0.3, 0.4) is 0 Å². The van der Waals surface area contributed by atoms with Crippen molar-refractivity contribution in [2.45, 2.75) is 37.8 Å². The molecule has 0 saturated carbocycles. The third kappa shape index (κ3) is 8.04. The number of carbonyl (C=O) groups is 5. The monoisotopic (exact) mass is 756 g/mol. The Morgan fingerprint density at radius 1 is 1.04 bits per heavy atom. The Kier molecular flexibility index (Phi) is 11.2. The summed E-state index contributed by atoms with van der Waals surface area (Å²) in [4.78, 5) is 66.3. The van der Waals surface area contributed by atoms with Gasteiger partial charge in [-0.2, -0.15) is 4.68 Å². The number of carboxylic acid groups (broad SMARTS) is 2. The maximum atomic E-state index is 15.3. The molecule has 3 heterocycles. The molecule has 2 atom stereocenters. The number of halogens is 2. The van der Waals surface area contributed by atoms with E-state index in [9.17, 15) is 29.1 Å². The van der Waals surface area contributed by atoms with Crippen molar-refractivity contribution in [2.24, 2.45) is 5.73 Å². The average molecular weight is 757 g/mol. The molecule has 2 aliphatic rings. The van der Waals surface area contributed by atoms with Gasteiger partial charge >= 0.3 is 11.9 Å². The van der Waals surface area contributed by atoms with Crippen molar-refractivity contribution in [3.63, 3.8) is 0 Å². The van der Waals surface area contributed by atoms with Crippen molar-refractivity contribution in [2.75, 3.05) is 25.0 Å². The Hall–Kier alpha value is -6.26. The molecule has 0 spiro atoms. The predicted octanol–water partition coefficient (Wildman–Crippen LogP) is 3.74. The van der Waals surface area contributed by atoms with Crippen molar-refractivity contribution in [3.8, 4) is 5.69 Å². The normalized spacial score (nSPS) is 16.1. The number of nitrogens with one attached hydrogen (secondary N) is 1. The van der Waals surface area contributed by atoms with E-state index in [4.69, 9.17) is 22.4 Å². The van der Waals surface area contributed by atoms with E-state index in [1.165, 1.54) is 58.4 Å². The number of carboxylic acids is 2. The number of hydrogen-bond acceptors (Lipinski definition) is 9. The van der Waals surface area contributed by atoms with Gasteiger partial charge in [-0.05, 0) is 94.4 Å². The highest BCUT2D eigenvalue weighted by Gasteiger charge is 2.37. The Bertz CT molecular complexity index is 2180. The van der Waals surface area contributed by atoms with Crippen molar-refractivity contribution in [1.82, 2.24) is 30.0 Å². The molecule has 0 saturated heterocycles. The third-order valence-electron chi connectivity index (χ3n) is 9.30. The molecule has 17 heteroatoms. The number of benzene rings is 3. The summed E-state index contributed by atoms with van der Waals surface area (Å²) in [6.07, 6.45) is 6.22. The zero-order chi connectivity index (χ0) is 38.5. The van der Waals surface area contributed by atoms with Crippen LogP contribution in [-0.2, 0) is 25.6 Å². The van der Waals surface area contributed by atoms with Gasteiger partial charge in [0.25, 0.3) is 5.91 Å². The van der Waals surface area contributed by atoms with Crippen LogP contribution in [0, 0.1) is 5.82 Å². The number of nitrogens with zero attached hydrogens (tertiary/aromatic N) is 6. The Labute approximate surface area is 312 Å². The van der Waals surface area contributed by atoms with Crippen LogP contribution in [0.5, 0.6) is 0 Å². The largest absolute Gasteiger partial charge is 0.481 e. The molecule has 1 unspecified atom stereocenters. The van der Waals surface area contributed by atoms with E-state index < -0.39 is 41.7 Å². The molecular weight excluding hydrogens is 723 g/mol. The first-order chi connectivity index (χ1) is 25.9. The second-order valence-electron chi connectivity index (χ2n) is 12.6. The van der Waals surface area contributed by atoms with Crippen LogP contribution >= 0.6 is 11.6 Å². The number of carbonyl (C=O) groups excluding carboxylic acids is 3. The fourth-order valence-electron chi connectivity index (χ4n) is 6.58. The van der Waals surface area contributed by atoms with Gasteiger partial charge in [0.05, 0.1) is 22.3 Å². The van der Waals surface area contributed by atoms with Crippen molar-refractivity contribution >= 4 is 58.6 Å². The summed E-state index contributed by atoms with van der Waals surface area (Å²) in [5, 5.41) is 31.9. The van der Waals surface area contributed by atoms with Crippen LogP contribution in [0.2, 0.25) is 5.02 Å². The first kappa shape index (κ1) is 37.5. The lowest BCUT2D eigenvalue weighted by Crippen LogP contribution is -2.46. The third-order valence-corrected chi connectivity index (χ3v) is 9.60. The minimum absolute atomic E-state index is 0.0273. The summed E-state index contributed by atoms with van der Waals surface area (Å²) in [5.41, 5.74) is 9.66. The number of aromatic carboxylic acids is 1. The molecule has 0 aliphatic carbocycles. The van der Waals surface area contributed by atoms with Crippen LogP contribution in [0.1, 0.15) is 57.9 Å². The number of hydrogen-bond donors (Lipinski definition) is 4. The molecule has 15 nitrogen and oxygen atoms in total. The Balaban J connectivity index is 1.31. The standard InChI is InChI=1S/C37H34ClFN8O7/c38-28-9-11-30(47-20-41-43-44-47)27(33(28)39)8-12-31(48)46-19-16-25-24(21-14-17-45(18-15-21)36(52)29(40)10-13-32(49)50)2-1-3-26(25)34(46)35(51)42-23-6-4-22(5-7-23)37(53)54/h1-9,11-12,14,20,29,34H,10,13,15-19,40H2,(H,42,51)(H,49,50)(H,53,54)/b12-8+/t29-,34?/m0/s1. The summed E-state index contributed by atoms with van der Waals surface area (Å²) in [5.74, 6) is -4.46. The average Bonchev–Trinajstić information content (AvgIpc) is 3.71. The molecule has 0 fully saturated rings. The van der Waals surface area contributed by atoms with E-state index in [1.807, 2.05) is 12.1 Å². The number of nitrogens with two attached hydrogens (primary N) is 1. The van der Waals surface area contributed by atoms with Gasteiger partial charge in [0.2, 0.25) is 11.8 Å². The number of aromatic nitrogens is 4. The van der Waals surface area contributed by atoms with E-state index in [-0.39, 0.29) is 53.7 Å². The smallest absolute Gasteiger partial charge is 0.335 e. The van der Waals surface area contributed by atoms with Crippen LogP contribution in [0.4, 0.5) is 10.1 Å². The summed E-state index contributed by atoms with van der Waals surface area (Å²) in [6.45, 7) is 0.724. The Morgan fingerprint density at radius 2 is 1.81 bits per heavy atom. The lowest BCUT2D eigenvalue weighted by Gasteiger charge is -2.37. The predicted molar refractivity (Wildman–Crippen MR) is 194 cm³/mol. The number of anilines is 1. The van der Waals surface area contributed by atoms with Crippen molar-refractivity contribution < 1.29 is 38.6 Å². The van der Waals surface area contributed by atoms with Crippen LogP contribution in [0.15, 0.2) is 73.1 Å². The van der Waals surface area contributed by atoms with E-state index in [1.54, 1.807) is 17.0 Å². The maximum absolute atomic E-state index is 15.3. The van der Waals surface area contributed by atoms with Gasteiger partial charge in [-0.1, -0.05) is 35.9 Å². The van der Waals surface area contributed by atoms with E-state index in [0.717, 1.165) is 22.8 Å². The van der Waals surface area contributed by atoms with Crippen molar-refractivity contribution in [3.05, 3.63) is 112 Å². The first-order valence-corrected chi connectivity index (χ1v) is 17.2. The molecular formula is C37H34ClFN8O7. The highest BCUT2D eigenvalue weighted by molar-refractivity contribution is 6.31. The number of fused-ring (bicyclic) bond motifs is 1. The lowest BCUT2D eigenvalue weighted by molar-refractivity contribution is -0.137. The lowest BCUT2D eigenvalue weighted by atomic mass is 9.84. The second-order valence-corrected chi connectivity index (χ2v) is 13.0. The van der Waals surface area contributed by atoms with E-state index >= 15 is 4.39 Å². The fourth-order valence-corrected chi connectivity index (χ4v) is 6.75. The summed E-state index contributed by atoms with van der Waals surface area (Å²) in [6, 6.07) is 11.8. The van der Waals surface area contributed by atoms with Gasteiger partial charge in [-0.3, -0.25) is 19.2 Å². The molecule has 1 aromatic heterocycles. The van der Waals surface area contributed by atoms with E-state index in [2.05, 4.69) is 20.8 Å². The van der Waals surface area contributed by atoms with Gasteiger partial charge in [0.15, 0.2) is 5.82 Å². The molecule has 2 aliphatic heterocycles. The Morgan fingerprint density at radius 3 is 2.48 bits per heavy atom. The molecule has 0 radical (unpaired) electrons. The molecule has 278 valence electrons. The molecule has 0 bridgehead atoms.